The average molecular weight is 438 g/mol. The summed E-state index contributed by atoms with van der Waals surface area (Å²) in [5.41, 5.74) is 2.99. The first kappa shape index (κ1) is 21.7. The highest BCUT2D eigenvalue weighted by molar-refractivity contribution is 6.28. The van der Waals surface area contributed by atoms with E-state index < -0.39 is 23.7 Å². The van der Waals surface area contributed by atoms with E-state index in [0.717, 1.165) is 16.5 Å². The minimum Gasteiger partial charge on any atom is -0.350 e. The molecule has 1 aromatic heterocycles. The van der Waals surface area contributed by atoms with Crippen LogP contribution in [0.5, 0.6) is 0 Å². The number of halogens is 2. The van der Waals surface area contributed by atoms with Gasteiger partial charge in [0.15, 0.2) is 5.92 Å². The molecule has 3 aromatic rings. The Morgan fingerprint density at radius 3 is 2.66 bits per heavy atom. The van der Waals surface area contributed by atoms with Gasteiger partial charge in [-0.05, 0) is 43.7 Å². The van der Waals surface area contributed by atoms with Gasteiger partial charge in [-0.2, -0.15) is 10.1 Å². The summed E-state index contributed by atoms with van der Waals surface area (Å²) in [6.45, 7) is 5.01. The molecule has 0 fully saturated rings. The van der Waals surface area contributed by atoms with E-state index in [0.29, 0.717) is 11.4 Å². The normalized spacial score (nSPS) is 16.6. The lowest BCUT2D eigenvalue weighted by atomic mass is 10.0. The molecule has 1 atom stereocenters. The number of benzene rings is 2. The lowest BCUT2D eigenvalue weighted by Crippen LogP contribution is -2.36. The van der Waals surface area contributed by atoms with Gasteiger partial charge in [0, 0.05) is 36.3 Å². The quantitative estimate of drug-likeness (QED) is 0.572. The molecule has 166 valence electrons. The molecule has 2 heterocycles. The van der Waals surface area contributed by atoms with Gasteiger partial charge in [-0.25, -0.2) is 8.78 Å². The summed E-state index contributed by atoms with van der Waals surface area (Å²) in [6.07, 6.45) is 1.65. The molecule has 4 rings (SSSR count). The Bertz CT molecular complexity index is 1260. The zero-order valence-electron chi connectivity index (χ0n) is 18.3. The van der Waals surface area contributed by atoms with Gasteiger partial charge in [-0.3, -0.25) is 9.59 Å². The second-order valence-corrected chi connectivity index (χ2v) is 8.08. The number of hydrogen-bond donors (Lipinski definition) is 1. The van der Waals surface area contributed by atoms with Crippen LogP contribution in [-0.4, -0.2) is 22.1 Å². The fourth-order valence-electron chi connectivity index (χ4n) is 4.00. The number of carbonyl (C=O) groups is 2. The number of amides is 2. The Morgan fingerprint density at radius 2 is 1.94 bits per heavy atom. The van der Waals surface area contributed by atoms with Gasteiger partial charge in [0.05, 0.1) is 16.9 Å². The number of hydrazone groups is 1. The van der Waals surface area contributed by atoms with Gasteiger partial charge in [-0.15, -0.1) is 0 Å². The van der Waals surface area contributed by atoms with Crippen LogP contribution in [0.3, 0.4) is 0 Å². The number of nitrogens with zero attached hydrogens (tertiary/aromatic N) is 3. The molecule has 1 aliphatic heterocycles. The van der Waals surface area contributed by atoms with E-state index in [1.165, 1.54) is 36.2 Å². The maximum absolute atomic E-state index is 14.0. The molecule has 32 heavy (non-hydrogen) atoms. The molecule has 1 N–H and O–H groups in total. The van der Waals surface area contributed by atoms with E-state index in [-0.39, 0.29) is 17.7 Å². The zero-order chi connectivity index (χ0) is 23.2. The summed E-state index contributed by atoms with van der Waals surface area (Å²) in [6, 6.07) is 11.1. The fourth-order valence-corrected chi connectivity index (χ4v) is 4.00. The largest absolute Gasteiger partial charge is 0.350 e. The van der Waals surface area contributed by atoms with Crippen LogP contribution in [0.15, 0.2) is 53.8 Å². The molecule has 0 bridgehead atoms. The Morgan fingerprint density at radius 1 is 1.19 bits per heavy atom. The van der Waals surface area contributed by atoms with Gasteiger partial charge in [0.25, 0.3) is 11.8 Å². The molecule has 0 spiro atoms. The van der Waals surface area contributed by atoms with Crippen molar-refractivity contribution in [2.24, 2.45) is 18.1 Å². The van der Waals surface area contributed by atoms with Crippen LogP contribution in [-0.2, 0) is 22.6 Å². The minimum absolute atomic E-state index is 0.186. The molecule has 8 heteroatoms. The molecule has 1 aliphatic rings. The summed E-state index contributed by atoms with van der Waals surface area (Å²) in [4.78, 5) is 26.0. The molecule has 1 unspecified atom stereocenters. The smallest absolute Gasteiger partial charge is 0.273 e. The van der Waals surface area contributed by atoms with Crippen molar-refractivity contribution in [3.63, 3.8) is 0 Å². The van der Waals surface area contributed by atoms with E-state index in [1.807, 2.05) is 36.9 Å². The van der Waals surface area contributed by atoms with Crippen molar-refractivity contribution in [3.8, 4) is 0 Å². The predicted octanol–water partition coefficient (Wildman–Crippen LogP) is 4.97. The molecule has 0 radical (unpaired) electrons. The Balaban J connectivity index is 1.57. The molecule has 0 saturated heterocycles. The second kappa shape index (κ2) is 7.85. The Kier molecular flexibility index (Phi) is 5.32. The maximum Gasteiger partial charge on any atom is 0.273 e. The van der Waals surface area contributed by atoms with Crippen LogP contribution in [0.2, 0.25) is 0 Å². The third-order valence-electron chi connectivity index (χ3n) is 5.81. The summed E-state index contributed by atoms with van der Waals surface area (Å²) in [5.74, 6) is -5.21. The van der Waals surface area contributed by atoms with E-state index in [2.05, 4.69) is 10.4 Å². The number of aromatic nitrogens is 1. The summed E-state index contributed by atoms with van der Waals surface area (Å²) < 4.78 is 30.0. The predicted molar refractivity (Wildman–Crippen MR) is 121 cm³/mol. The summed E-state index contributed by atoms with van der Waals surface area (Å²) in [7, 11) is 1.92. The highest BCUT2D eigenvalue weighted by atomic mass is 19.3. The number of rotatable bonds is 5. The standard InChI is InChI=1S/C24H24F2N4O2/c1-5-24(25,26)16-7-6-8-17(11-16)27-22(31)21-15(3)28-30(23(21)32)18-9-10-19-14(2)13-29(4)20(19)12-18/h6-13,21H,5H2,1-4H3,(H,27,31). The number of alkyl halides is 2. The van der Waals surface area contributed by atoms with Crippen molar-refractivity contribution in [2.45, 2.75) is 33.1 Å². The maximum atomic E-state index is 14.0. The van der Waals surface area contributed by atoms with Gasteiger partial charge >= 0.3 is 0 Å². The number of carbonyl (C=O) groups excluding carboxylic acids is 2. The van der Waals surface area contributed by atoms with E-state index in [9.17, 15) is 18.4 Å². The van der Waals surface area contributed by atoms with Gasteiger partial charge < -0.3 is 9.88 Å². The van der Waals surface area contributed by atoms with Gasteiger partial charge in [0.2, 0.25) is 5.91 Å². The first-order chi connectivity index (χ1) is 15.1. The van der Waals surface area contributed by atoms with Gasteiger partial charge in [0.1, 0.15) is 0 Å². The molecular weight excluding hydrogens is 414 g/mol. The molecule has 2 amide bonds. The molecule has 6 nitrogen and oxygen atoms in total. The molecule has 2 aromatic carbocycles. The highest BCUT2D eigenvalue weighted by Crippen LogP contribution is 2.33. The van der Waals surface area contributed by atoms with Crippen LogP contribution >= 0.6 is 0 Å². The zero-order valence-corrected chi connectivity index (χ0v) is 18.3. The number of aryl methyl sites for hydroxylation is 2. The van der Waals surface area contributed by atoms with E-state index >= 15 is 0 Å². The van der Waals surface area contributed by atoms with Crippen molar-refractivity contribution in [2.75, 3.05) is 10.3 Å². The van der Waals surface area contributed by atoms with Crippen molar-refractivity contribution in [1.82, 2.24) is 4.57 Å². The van der Waals surface area contributed by atoms with Crippen LogP contribution in [0.25, 0.3) is 10.9 Å². The SMILES string of the molecule is CCC(F)(F)c1cccc(NC(=O)C2C(=O)N(c3ccc4c(C)cn(C)c4c3)N=C2C)c1. The van der Waals surface area contributed by atoms with Crippen LogP contribution in [0.4, 0.5) is 20.2 Å². The van der Waals surface area contributed by atoms with Crippen molar-refractivity contribution in [1.29, 1.82) is 0 Å². The number of nitrogens with one attached hydrogen (secondary N) is 1. The number of hydrogen-bond acceptors (Lipinski definition) is 3. The average Bonchev–Trinajstić information content (AvgIpc) is 3.22. The Labute approximate surface area is 184 Å². The first-order valence-electron chi connectivity index (χ1n) is 10.4. The highest BCUT2D eigenvalue weighted by Gasteiger charge is 2.40. The van der Waals surface area contributed by atoms with Crippen molar-refractivity contribution < 1.29 is 18.4 Å². The third kappa shape index (κ3) is 3.66. The van der Waals surface area contributed by atoms with E-state index in [4.69, 9.17) is 0 Å². The van der Waals surface area contributed by atoms with Crippen LogP contribution in [0.1, 0.15) is 31.4 Å². The monoisotopic (exact) mass is 438 g/mol. The van der Waals surface area contributed by atoms with Crippen LogP contribution in [0, 0.1) is 12.8 Å². The molecule has 0 saturated carbocycles. The lowest BCUT2D eigenvalue weighted by molar-refractivity contribution is -0.127. The summed E-state index contributed by atoms with van der Waals surface area (Å²) >= 11 is 0. The number of anilines is 2. The fraction of sp³-hybridized carbons (Fsp3) is 0.292. The minimum atomic E-state index is -2.99. The summed E-state index contributed by atoms with van der Waals surface area (Å²) in [5, 5.41) is 9.19. The number of fused-ring (bicyclic) bond motifs is 1. The molecular formula is C24H24F2N4O2. The third-order valence-corrected chi connectivity index (χ3v) is 5.81. The van der Waals surface area contributed by atoms with E-state index in [1.54, 1.807) is 13.0 Å². The topological polar surface area (TPSA) is 66.7 Å². The van der Waals surface area contributed by atoms with Crippen molar-refractivity contribution in [3.05, 3.63) is 59.8 Å². The first-order valence-corrected chi connectivity index (χ1v) is 10.4. The van der Waals surface area contributed by atoms with Crippen molar-refractivity contribution >= 4 is 39.8 Å². The lowest BCUT2D eigenvalue weighted by Gasteiger charge is -2.17. The van der Waals surface area contributed by atoms with Gasteiger partial charge in [-0.1, -0.05) is 25.1 Å². The molecule has 0 aliphatic carbocycles. The van der Waals surface area contributed by atoms with Crippen LogP contribution < -0.4 is 10.3 Å². The Hall–Kier alpha value is -3.55. The second-order valence-electron chi connectivity index (χ2n) is 8.08.